The fourth-order valence-electron chi connectivity index (χ4n) is 1.79. The number of aromatic nitrogens is 3. The zero-order valence-electron chi connectivity index (χ0n) is 13.3. The van der Waals surface area contributed by atoms with Crippen LogP contribution < -0.4 is 9.46 Å². The third-order valence-corrected chi connectivity index (χ3v) is 4.17. The Hall–Kier alpha value is -2.16. The molecule has 1 aromatic heterocycles. The van der Waals surface area contributed by atoms with Crippen LogP contribution in [0.4, 0.5) is 10.3 Å². The maximum Gasteiger partial charge on any atom is 0.268 e. The summed E-state index contributed by atoms with van der Waals surface area (Å²) in [6.45, 7) is 7.26. The van der Waals surface area contributed by atoms with Crippen molar-refractivity contribution in [1.29, 1.82) is 0 Å². The first kappa shape index (κ1) is 17.2. The van der Waals surface area contributed by atoms with Gasteiger partial charge in [0.05, 0.1) is 6.10 Å². The second-order valence-corrected chi connectivity index (χ2v) is 7.16. The average molecular weight is 342 g/mol. The summed E-state index contributed by atoms with van der Waals surface area (Å²) in [5.74, 6) is -0.696. The van der Waals surface area contributed by atoms with Gasteiger partial charge in [-0.05, 0) is 45.9 Å². The van der Waals surface area contributed by atoms with E-state index in [4.69, 9.17) is 4.74 Å². The van der Waals surface area contributed by atoms with Gasteiger partial charge in [-0.15, -0.1) is 5.10 Å². The molecule has 23 heavy (non-hydrogen) atoms. The van der Waals surface area contributed by atoms with Crippen LogP contribution >= 0.6 is 0 Å². The number of hydrogen-bond donors (Lipinski definition) is 1. The van der Waals surface area contributed by atoms with Crippen molar-refractivity contribution in [2.45, 2.75) is 44.7 Å². The highest BCUT2D eigenvalue weighted by Crippen LogP contribution is 2.27. The average Bonchev–Trinajstić information content (AvgIpc) is 2.88. The summed E-state index contributed by atoms with van der Waals surface area (Å²) in [4.78, 5) is 3.59. The zero-order valence-corrected chi connectivity index (χ0v) is 14.1. The third-order valence-electron chi connectivity index (χ3n) is 2.82. The lowest BCUT2D eigenvalue weighted by Crippen LogP contribution is -2.17. The van der Waals surface area contributed by atoms with E-state index < -0.39 is 15.8 Å². The Morgan fingerprint density at radius 2 is 1.96 bits per heavy atom. The summed E-state index contributed by atoms with van der Waals surface area (Å²) < 4.78 is 47.6. The molecule has 0 unspecified atom stereocenters. The number of benzene rings is 1. The minimum absolute atomic E-state index is 0.0368. The second-order valence-electron chi connectivity index (χ2n) is 5.51. The predicted molar refractivity (Wildman–Crippen MR) is 83.4 cm³/mol. The van der Waals surface area contributed by atoms with E-state index in [0.29, 0.717) is 0 Å². The van der Waals surface area contributed by atoms with Crippen LogP contribution in [0.25, 0.3) is 0 Å². The van der Waals surface area contributed by atoms with E-state index in [1.165, 1.54) is 17.1 Å². The van der Waals surface area contributed by atoms with E-state index in [9.17, 15) is 12.8 Å². The van der Waals surface area contributed by atoms with Gasteiger partial charge >= 0.3 is 0 Å². The Bertz CT molecular complexity index is 787. The van der Waals surface area contributed by atoms with Crippen molar-refractivity contribution in [3.05, 3.63) is 30.3 Å². The molecule has 0 fully saturated rings. The number of rotatable bonds is 6. The molecule has 2 rings (SSSR count). The quantitative estimate of drug-likeness (QED) is 0.872. The Kier molecular flexibility index (Phi) is 4.88. The van der Waals surface area contributed by atoms with Crippen LogP contribution in [-0.4, -0.2) is 29.3 Å². The van der Waals surface area contributed by atoms with Crippen molar-refractivity contribution in [3.8, 4) is 5.75 Å². The number of nitrogens with zero attached hydrogens (tertiary/aromatic N) is 3. The van der Waals surface area contributed by atoms with Gasteiger partial charge in [0.15, 0.2) is 0 Å². The summed E-state index contributed by atoms with van der Waals surface area (Å²) in [7, 11) is -4.08. The fourth-order valence-corrected chi connectivity index (χ4v) is 2.88. The van der Waals surface area contributed by atoms with Gasteiger partial charge in [0.2, 0.25) is 0 Å². The molecule has 0 aliphatic carbocycles. The van der Waals surface area contributed by atoms with Crippen molar-refractivity contribution in [3.63, 3.8) is 0 Å². The van der Waals surface area contributed by atoms with E-state index in [-0.39, 0.29) is 28.7 Å². The van der Waals surface area contributed by atoms with Crippen LogP contribution in [0.2, 0.25) is 0 Å². The van der Waals surface area contributed by atoms with Gasteiger partial charge in [0.25, 0.3) is 16.0 Å². The largest absolute Gasteiger partial charge is 0.490 e. The van der Waals surface area contributed by atoms with Crippen LogP contribution in [0.3, 0.4) is 0 Å². The van der Waals surface area contributed by atoms with Crippen molar-refractivity contribution < 1.29 is 17.5 Å². The van der Waals surface area contributed by atoms with Crippen LogP contribution in [-0.2, 0) is 10.0 Å². The molecule has 2 aromatic rings. The molecule has 0 aliphatic rings. The normalized spacial score (nSPS) is 12.0. The highest BCUT2D eigenvalue weighted by molar-refractivity contribution is 7.92. The minimum atomic E-state index is -4.08. The summed E-state index contributed by atoms with van der Waals surface area (Å²) >= 11 is 0. The number of ether oxygens (including phenoxy) is 1. The molecule has 1 N–H and O–H groups in total. The first-order chi connectivity index (χ1) is 10.7. The minimum Gasteiger partial charge on any atom is -0.490 e. The molecular weight excluding hydrogens is 323 g/mol. The zero-order chi connectivity index (χ0) is 17.2. The third kappa shape index (κ3) is 4.19. The maximum absolute atomic E-state index is 13.5. The lowest BCUT2D eigenvalue weighted by atomic mass is 10.3. The summed E-state index contributed by atoms with van der Waals surface area (Å²) in [5.41, 5.74) is 0. The standard InChI is InChI=1S/C14H19FN4O3S/c1-9(2)19-8-16-14(17-19)18-23(20,21)13-7-11(15)5-6-12(13)22-10(3)4/h5-10H,1-4H3,(H,17,18). The van der Waals surface area contributed by atoms with Crippen LogP contribution in [0.5, 0.6) is 5.75 Å². The number of hydrogen-bond acceptors (Lipinski definition) is 5. The molecular formula is C14H19FN4O3S. The van der Waals surface area contributed by atoms with Crippen LogP contribution in [0.1, 0.15) is 33.7 Å². The lowest BCUT2D eigenvalue weighted by molar-refractivity contribution is 0.235. The number of nitrogens with one attached hydrogen (secondary N) is 1. The van der Waals surface area contributed by atoms with Gasteiger partial charge in [0, 0.05) is 6.04 Å². The summed E-state index contributed by atoms with van der Waals surface area (Å²) in [5, 5.41) is 4.01. The molecule has 0 aliphatic heterocycles. The first-order valence-electron chi connectivity index (χ1n) is 7.09. The molecule has 1 aromatic carbocycles. The smallest absolute Gasteiger partial charge is 0.268 e. The van der Waals surface area contributed by atoms with Gasteiger partial charge in [-0.3, -0.25) is 0 Å². The monoisotopic (exact) mass is 342 g/mol. The predicted octanol–water partition coefficient (Wildman–Crippen LogP) is 2.59. The number of halogens is 1. The Balaban J connectivity index is 2.36. The molecule has 7 nitrogen and oxygen atoms in total. The van der Waals surface area contributed by atoms with Crippen LogP contribution in [0.15, 0.2) is 29.4 Å². The van der Waals surface area contributed by atoms with E-state index >= 15 is 0 Å². The Morgan fingerprint density at radius 3 is 2.52 bits per heavy atom. The second kappa shape index (κ2) is 6.53. The number of anilines is 1. The van der Waals surface area contributed by atoms with Gasteiger partial charge < -0.3 is 4.74 Å². The lowest BCUT2D eigenvalue weighted by Gasteiger charge is -2.14. The van der Waals surface area contributed by atoms with Gasteiger partial charge in [-0.2, -0.15) is 4.98 Å². The highest BCUT2D eigenvalue weighted by Gasteiger charge is 2.23. The summed E-state index contributed by atoms with van der Waals surface area (Å²) in [6, 6.07) is 3.36. The van der Waals surface area contributed by atoms with Crippen molar-refractivity contribution >= 4 is 16.0 Å². The van der Waals surface area contributed by atoms with E-state index in [2.05, 4.69) is 14.8 Å². The molecule has 0 amide bonds. The molecule has 0 spiro atoms. The molecule has 9 heteroatoms. The fraction of sp³-hybridized carbons (Fsp3) is 0.429. The number of sulfonamides is 1. The Morgan fingerprint density at radius 1 is 1.26 bits per heavy atom. The molecule has 0 saturated carbocycles. The molecule has 0 bridgehead atoms. The molecule has 0 atom stereocenters. The van der Waals surface area contributed by atoms with Crippen molar-refractivity contribution in [1.82, 2.24) is 14.8 Å². The molecule has 1 heterocycles. The van der Waals surface area contributed by atoms with E-state index in [1.54, 1.807) is 13.8 Å². The molecule has 0 saturated heterocycles. The molecule has 0 radical (unpaired) electrons. The highest BCUT2D eigenvalue weighted by atomic mass is 32.2. The Labute approximate surface area is 134 Å². The van der Waals surface area contributed by atoms with Gasteiger partial charge in [-0.1, -0.05) is 0 Å². The summed E-state index contributed by atoms with van der Waals surface area (Å²) in [6.07, 6.45) is 1.16. The van der Waals surface area contributed by atoms with Crippen LogP contribution in [0, 0.1) is 5.82 Å². The SMILES string of the molecule is CC(C)Oc1ccc(F)cc1S(=O)(=O)Nc1ncn(C(C)C)n1. The maximum atomic E-state index is 13.5. The van der Waals surface area contributed by atoms with E-state index in [1.807, 2.05) is 13.8 Å². The van der Waals surface area contributed by atoms with Crippen molar-refractivity contribution in [2.24, 2.45) is 0 Å². The molecule has 126 valence electrons. The van der Waals surface area contributed by atoms with E-state index in [0.717, 1.165) is 12.1 Å². The van der Waals surface area contributed by atoms with Gasteiger partial charge in [-0.25, -0.2) is 22.2 Å². The van der Waals surface area contributed by atoms with Crippen molar-refractivity contribution in [2.75, 3.05) is 4.72 Å². The first-order valence-corrected chi connectivity index (χ1v) is 8.57. The van der Waals surface area contributed by atoms with Gasteiger partial charge in [0.1, 0.15) is 22.8 Å². The topological polar surface area (TPSA) is 86.1 Å².